The molecule has 0 bridgehead atoms. The lowest BCUT2D eigenvalue weighted by Crippen LogP contribution is -2.00. The topological polar surface area (TPSA) is 59.4 Å². The van der Waals surface area contributed by atoms with Crippen molar-refractivity contribution < 1.29 is 14.6 Å². The summed E-state index contributed by atoms with van der Waals surface area (Å²) in [4.78, 5) is 14.1. The first kappa shape index (κ1) is 10.7. The zero-order chi connectivity index (χ0) is 8.27. The lowest BCUT2D eigenvalue weighted by molar-refractivity contribution is 0.0693. The first-order valence-electron chi connectivity index (χ1n) is 2.97. The van der Waals surface area contributed by atoms with Crippen molar-refractivity contribution in [3.63, 3.8) is 0 Å². The maximum absolute atomic E-state index is 10.5. The van der Waals surface area contributed by atoms with E-state index in [1.165, 1.54) is 25.6 Å². The lowest BCUT2D eigenvalue weighted by Gasteiger charge is -2.01. The second kappa shape index (κ2) is 4.56. The zero-order valence-electron chi connectivity index (χ0n) is 6.35. The van der Waals surface area contributed by atoms with Gasteiger partial charge in [-0.25, -0.2) is 4.79 Å². The van der Waals surface area contributed by atoms with E-state index in [4.69, 9.17) is 9.84 Å². The van der Waals surface area contributed by atoms with E-state index in [1.807, 2.05) is 0 Å². The summed E-state index contributed by atoms with van der Waals surface area (Å²) in [6.45, 7) is 0. The van der Waals surface area contributed by atoms with Crippen LogP contribution in [0, 0.1) is 0 Å². The Bertz CT molecular complexity index is 277. The van der Waals surface area contributed by atoms with E-state index in [0.717, 1.165) is 0 Å². The maximum atomic E-state index is 10.5. The highest BCUT2D eigenvalue weighted by Crippen LogP contribution is 2.14. The molecule has 5 heteroatoms. The van der Waals surface area contributed by atoms with Gasteiger partial charge in [0, 0.05) is 12.4 Å². The summed E-state index contributed by atoms with van der Waals surface area (Å²) < 4.78 is 4.79. The van der Waals surface area contributed by atoms with E-state index in [1.54, 1.807) is 0 Å². The normalized spacial score (nSPS) is 8.42. The van der Waals surface area contributed by atoms with Crippen molar-refractivity contribution in [3.05, 3.63) is 24.0 Å². The Balaban J connectivity index is 0.00000121. The Hall–Kier alpha value is -1.29. The van der Waals surface area contributed by atoms with Gasteiger partial charge in [-0.2, -0.15) is 0 Å². The van der Waals surface area contributed by atoms with Crippen molar-refractivity contribution in [2.45, 2.75) is 0 Å². The predicted molar refractivity (Wildman–Crippen MR) is 45.0 cm³/mol. The van der Waals surface area contributed by atoms with Gasteiger partial charge in [0.1, 0.15) is 11.3 Å². The van der Waals surface area contributed by atoms with Crippen molar-refractivity contribution in [3.8, 4) is 5.75 Å². The number of halogens is 1. The molecule has 0 aliphatic carbocycles. The summed E-state index contributed by atoms with van der Waals surface area (Å²) in [6.07, 6.45) is 2.73. The van der Waals surface area contributed by atoms with Gasteiger partial charge in [-0.3, -0.25) is 4.98 Å². The van der Waals surface area contributed by atoms with Gasteiger partial charge >= 0.3 is 5.97 Å². The quantitative estimate of drug-likeness (QED) is 0.760. The van der Waals surface area contributed by atoms with E-state index in [-0.39, 0.29) is 18.0 Å². The average Bonchev–Trinajstić information content (AvgIpc) is 2.04. The molecule has 0 amide bonds. The molecule has 1 heterocycles. The third-order valence-corrected chi connectivity index (χ3v) is 1.23. The SMILES string of the molecule is COc1ccncc1C(=O)O.Cl. The van der Waals surface area contributed by atoms with Crippen molar-refractivity contribution in [2.75, 3.05) is 7.11 Å². The number of carbonyl (C=O) groups is 1. The molecule has 0 spiro atoms. The molecule has 0 saturated carbocycles. The van der Waals surface area contributed by atoms with E-state index in [9.17, 15) is 4.79 Å². The van der Waals surface area contributed by atoms with Crippen molar-refractivity contribution in [1.29, 1.82) is 0 Å². The Labute approximate surface area is 75.6 Å². The molecular weight excluding hydrogens is 182 g/mol. The Morgan fingerprint density at radius 3 is 2.75 bits per heavy atom. The monoisotopic (exact) mass is 189 g/mol. The molecule has 12 heavy (non-hydrogen) atoms. The second-order valence-corrected chi connectivity index (χ2v) is 1.88. The summed E-state index contributed by atoms with van der Waals surface area (Å²) in [5.41, 5.74) is 0.0787. The summed E-state index contributed by atoms with van der Waals surface area (Å²) in [5.74, 6) is -0.706. The van der Waals surface area contributed by atoms with Crippen LogP contribution < -0.4 is 4.74 Å². The molecule has 0 unspecified atom stereocenters. The average molecular weight is 190 g/mol. The number of hydrogen-bond donors (Lipinski definition) is 1. The minimum absolute atomic E-state index is 0. The number of nitrogens with zero attached hydrogens (tertiary/aromatic N) is 1. The molecule has 0 atom stereocenters. The van der Waals surface area contributed by atoms with Crippen LogP contribution in [0.3, 0.4) is 0 Å². The highest BCUT2D eigenvalue weighted by molar-refractivity contribution is 5.90. The molecule has 1 rings (SSSR count). The van der Waals surface area contributed by atoms with Crippen LogP contribution in [-0.2, 0) is 0 Å². The first-order valence-corrected chi connectivity index (χ1v) is 2.97. The number of aromatic carboxylic acids is 1. The second-order valence-electron chi connectivity index (χ2n) is 1.88. The molecule has 1 aromatic heterocycles. The summed E-state index contributed by atoms with van der Waals surface area (Å²) >= 11 is 0. The standard InChI is InChI=1S/C7H7NO3.ClH/c1-11-6-2-3-8-4-5(6)7(9)10;/h2-4H,1H3,(H,9,10);1H. The summed E-state index contributed by atoms with van der Waals surface area (Å²) in [6, 6.07) is 1.50. The predicted octanol–water partition coefficient (Wildman–Crippen LogP) is 1.21. The fraction of sp³-hybridized carbons (Fsp3) is 0.143. The van der Waals surface area contributed by atoms with Crippen molar-refractivity contribution >= 4 is 18.4 Å². The molecule has 0 aliphatic rings. The van der Waals surface area contributed by atoms with Gasteiger partial charge in [0.2, 0.25) is 0 Å². The third-order valence-electron chi connectivity index (χ3n) is 1.23. The lowest BCUT2D eigenvalue weighted by atomic mass is 10.3. The molecule has 0 radical (unpaired) electrons. The van der Waals surface area contributed by atoms with Gasteiger partial charge < -0.3 is 9.84 Å². The summed E-state index contributed by atoms with van der Waals surface area (Å²) in [5, 5.41) is 8.58. The molecule has 0 fully saturated rings. The number of rotatable bonds is 2. The highest BCUT2D eigenvalue weighted by Gasteiger charge is 2.08. The molecule has 1 aromatic rings. The minimum atomic E-state index is -1.03. The van der Waals surface area contributed by atoms with E-state index >= 15 is 0 Å². The Morgan fingerprint density at radius 1 is 1.67 bits per heavy atom. The maximum Gasteiger partial charge on any atom is 0.341 e. The molecule has 0 aliphatic heterocycles. The zero-order valence-corrected chi connectivity index (χ0v) is 7.17. The van der Waals surface area contributed by atoms with Crippen LogP contribution >= 0.6 is 12.4 Å². The van der Waals surface area contributed by atoms with E-state index in [0.29, 0.717) is 5.75 Å². The summed E-state index contributed by atoms with van der Waals surface area (Å²) in [7, 11) is 1.42. The van der Waals surface area contributed by atoms with E-state index in [2.05, 4.69) is 4.98 Å². The van der Waals surface area contributed by atoms with Crippen LogP contribution in [0.2, 0.25) is 0 Å². The van der Waals surface area contributed by atoms with Gasteiger partial charge in [-0.15, -0.1) is 12.4 Å². The highest BCUT2D eigenvalue weighted by atomic mass is 35.5. The van der Waals surface area contributed by atoms with Crippen molar-refractivity contribution in [1.82, 2.24) is 4.98 Å². The van der Waals surface area contributed by atoms with Crippen molar-refractivity contribution in [2.24, 2.45) is 0 Å². The molecule has 66 valence electrons. The Kier molecular flexibility index (Phi) is 4.07. The molecule has 0 aromatic carbocycles. The first-order chi connectivity index (χ1) is 5.25. The largest absolute Gasteiger partial charge is 0.496 e. The molecule has 4 nitrogen and oxygen atoms in total. The van der Waals surface area contributed by atoms with Crippen LogP contribution in [0.4, 0.5) is 0 Å². The Morgan fingerprint density at radius 2 is 2.33 bits per heavy atom. The van der Waals surface area contributed by atoms with Crippen LogP contribution in [0.15, 0.2) is 18.5 Å². The number of hydrogen-bond acceptors (Lipinski definition) is 3. The molecule has 1 N–H and O–H groups in total. The van der Waals surface area contributed by atoms with E-state index < -0.39 is 5.97 Å². The number of aromatic nitrogens is 1. The van der Waals surface area contributed by atoms with Gasteiger partial charge in [-0.1, -0.05) is 0 Å². The fourth-order valence-corrected chi connectivity index (χ4v) is 0.720. The smallest absolute Gasteiger partial charge is 0.341 e. The number of methoxy groups -OCH3 is 1. The van der Waals surface area contributed by atoms with Gasteiger partial charge in [0.05, 0.1) is 7.11 Å². The van der Waals surface area contributed by atoms with Crippen LogP contribution in [0.5, 0.6) is 5.75 Å². The van der Waals surface area contributed by atoms with Gasteiger partial charge in [-0.05, 0) is 6.07 Å². The fourth-order valence-electron chi connectivity index (χ4n) is 0.720. The minimum Gasteiger partial charge on any atom is -0.496 e. The van der Waals surface area contributed by atoms with Gasteiger partial charge in [0.15, 0.2) is 0 Å². The number of carboxylic acid groups (broad SMARTS) is 1. The number of ether oxygens (including phenoxy) is 1. The van der Waals surface area contributed by atoms with Crippen LogP contribution in [0.1, 0.15) is 10.4 Å². The number of carboxylic acids is 1. The number of pyridine rings is 1. The molecular formula is C7H8ClNO3. The third kappa shape index (κ3) is 2.10. The van der Waals surface area contributed by atoms with Crippen LogP contribution in [-0.4, -0.2) is 23.2 Å². The van der Waals surface area contributed by atoms with Gasteiger partial charge in [0.25, 0.3) is 0 Å². The molecule has 0 saturated heterocycles. The van der Waals surface area contributed by atoms with Crippen LogP contribution in [0.25, 0.3) is 0 Å².